The van der Waals surface area contributed by atoms with Gasteiger partial charge in [0, 0.05) is 25.3 Å². The standard InChI is InChI=1S/C40H55NO11/c1-3-4-5-6-9-12-32(42)21-22-34-33(35(43)26-36(34)44)13-10-7-8-11-14-40(46)52-37-23-19-29(25-38(37)49-2)20-24-39(45)50-27-30-15-17-31(18-16-30)28-51-41(47)48/h7,10,15-20,23-25,33-36,43-44,47-48H,3-6,8-9,11-14,21-22,26-28H2,1-2H3/b10-7-,24-20+/t33-,34-,35+,36-/m1/s1. The molecule has 52 heavy (non-hydrogen) atoms. The van der Waals surface area contributed by atoms with Crippen LogP contribution in [0.3, 0.4) is 0 Å². The highest BCUT2D eigenvalue weighted by Crippen LogP contribution is 2.38. The van der Waals surface area contributed by atoms with Gasteiger partial charge >= 0.3 is 11.9 Å². The molecule has 2 aromatic carbocycles. The van der Waals surface area contributed by atoms with Gasteiger partial charge in [-0.3, -0.25) is 20.0 Å². The fourth-order valence-electron chi connectivity index (χ4n) is 6.30. The number of unbranched alkanes of at least 4 members (excludes halogenated alkanes) is 5. The molecule has 0 saturated heterocycles. The van der Waals surface area contributed by atoms with Crippen molar-refractivity contribution in [1.82, 2.24) is 5.39 Å². The molecule has 0 amide bonds. The van der Waals surface area contributed by atoms with Gasteiger partial charge in [-0.2, -0.15) is 0 Å². The Kier molecular flexibility index (Phi) is 19.3. The highest BCUT2D eigenvalue weighted by atomic mass is 17.1. The number of hydrogen-bond donors (Lipinski definition) is 4. The number of methoxy groups -OCH3 is 1. The van der Waals surface area contributed by atoms with Gasteiger partial charge in [0.25, 0.3) is 0 Å². The van der Waals surface area contributed by atoms with Gasteiger partial charge in [0.1, 0.15) is 12.4 Å². The van der Waals surface area contributed by atoms with Crippen molar-refractivity contribution in [3.63, 3.8) is 0 Å². The van der Waals surface area contributed by atoms with Crippen LogP contribution in [0.2, 0.25) is 0 Å². The number of hydrogen-bond acceptors (Lipinski definition) is 12. The number of nitrogens with zero attached hydrogens (tertiary/aromatic N) is 1. The molecule has 0 bridgehead atoms. The van der Waals surface area contributed by atoms with Crippen LogP contribution in [0, 0.1) is 11.8 Å². The van der Waals surface area contributed by atoms with Crippen molar-refractivity contribution in [3.05, 3.63) is 77.4 Å². The molecule has 0 spiro atoms. The molecule has 0 heterocycles. The number of esters is 2. The van der Waals surface area contributed by atoms with Crippen molar-refractivity contribution in [1.29, 1.82) is 0 Å². The average Bonchev–Trinajstić information content (AvgIpc) is 3.40. The second-order valence-electron chi connectivity index (χ2n) is 13.2. The zero-order valence-electron chi connectivity index (χ0n) is 30.4. The van der Waals surface area contributed by atoms with Crippen molar-refractivity contribution in [2.24, 2.45) is 11.8 Å². The van der Waals surface area contributed by atoms with E-state index in [1.165, 1.54) is 26.0 Å². The van der Waals surface area contributed by atoms with Crippen LogP contribution in [0.5, 0.6) is 11.5 Å². The lowest BCUT2D eigenvalue weighted by molar-refractivity contribution is -0.497. The Morgan fingerprint density at radius 3 is 2.25 bits per heavy atom. The Balaban J connectivity index is 1.36. The first-order chi connectivity index (χ1) is 25.1. The molecule has 1 aliphatic carbocycles. The van der Waals surface area contributed by atoms with E-state index in [0.717, 1.165) is 24.8 Å². The molecule has 0 aliphatic heterocycles. The van der Waals surface area contributed by atoms with Crippen LogP contribution in [0.4, 0.5) is 0 Å². The Bertz CT molecular complexity index is 1440. The first kappa shape index (κ1) is 42.5. The number of rotatable bonds is 24. The molecule has 12 heteroatoms. The lowest BCUT2D eigenvalue weighted by atomic mass is 9.86. The van der Waals surface area contributed by atoms with Crippen LogP contribution in [0.15, 0.2) is 60.7 Å². The maximum absolute atomic E-state index is 12.6. The normalized spacial score (nSPS) is 18.8. The van der Waals surface area contributed by atoms with Crippen molar-refractivity contribution < 1.29 is 54.1 Å². The van der Waals surface area contributed by atoms with Crippen molar-refractivity contribution in [2.75, 3.05) is 7.11 Å². The highest BCUT2D eigenvalue weighted by Gasteiger charge is 2.40. The van der Waals surface area contributed by atoms with E-state index in [9.17, 15) is 24.6 Å². The third-order valence-electron chi connectivity index (χ3n) is 9.24. The zero-order chi connectivity index (χ0) is 37.7. The van der Waals surface area contributed by atoms with Crippen LogP contribution in [0.25, 0.3) is 6.08 Å². The van der Waals surface area contributed by atoms with E-state index in [1.54, 1.807) is 48.5 Å². The van der Waals surface area contributed by atoms with E-state index in [-0.39, 0.29) is 48.4 Å². The summed E-state index contributed by atoms with van der Waals surface area (Å²) in [5.41, 5.74) is 2.06. The zero-order valence-corrected chi connectivity index (χ0v) is 30.4. The van der Waals surface area contributed by atoms with Gasteiger partial charge in [0.2, 0.25) is 0 Å². The molecular formula is C40H55NO11. The molecule has 2 aromatic rings. The van der Waals surface area contributed by atoms with Gasteiger partial charge in [-0.05, 0) is 85.3 Å². The van der Waals surface area contributed by atoms with Gasteiger partial charge in [0.15, 0.2) is 11.5 Å². The van der Waals surface area contributed by atoms with E-state index in [0.29, 0.717) is 61.8 Å². The summed E-state index contributed by atoms with van der Waals surface area (Å²) < 4.78 is 16.2. The number of ketones is 1. The number of allylic oxidation sites excluding steroid dienone is 2. The van der Waals surface area contributed by atoms with Crippen LogP contribution in [-0.2, 0) is 37.2 Å². The minimum atomic E-state index is -0.600. The molecule has 286 valence electrons. The highest BCUT2D eigenvalue weighted by molar-refractivity contribution is 5.87. The minimum Gasteiger partial charge on any atom is -0.493 e. The van der Waals surface area contributed by atoms with Crippen LogP contribution in [-0.4, -0.2) is 63.1 Å². The molecule has 1 saturated carbocycles. The number of aliphatic hydroxyl groups is 2. The number of benzene rings is 2. The predicted octanol–water partition coefficient (Wildman–Crippen LogP) is 7.05. The molecule has 0 radical (unpaired) electrons. The lowest BCUT2D eigenvalue weighted by Crippen LogP contribution is -2.22. The largest absolute Gasteiger partial charge is 0.493 e. The van der Waals surface area contributed by atoms with E-state index in [2.05, 4.69) is 11.8 Å². The summed E-state index contributed by atoms with van der Waals surface area (Å²) in [6, 6.07) is 11.8. The maximum Gasteiger partial charge on any atom is 0.331 e. The summed E-state index contributed by atoms with van der Waals surface area (Å²) in [7, 11) is 1.46. The van der Waals surface area contributed by atoms with E-state index >= 15 is 0 Å². The van der Waals surface area contributed by atoms with Crippen LogP contribution < -0.4 is 9.47 Å². The van der Waals surface area contributed by atoms with Gasteiger partial charge < -0.3 is 24.4 Å². The summed E-state index contributed by atoms with van der Waals surface area (Å²) in [5, 5.41) is 38.0. The van der Waals surface area contributed by atoms with Crippen molar-refractivity contribution in [2.45, 2.75) is 116 Å². The molecule has 1 fully saturated rings. The van der Waals surface area contributed by atoms with Crippen LogP contribution in [0.1, 0.15) is 107 Å². The summed E-state index contributed by atoms with van der Waals surface area (Å²) in [6.45, 7) is 2.17. The number of ether oxygens (including phenoxy) is 3. The second kappa shape index (κ2) is 23.6. The monoisotopic (exact) mass is 725 g/mol. The molecule has 0 unspecified atom stereocenters. The summed E-state index contributed by atoms with van der Waals surface area (Å²) in [4.78, 5) is 41.7. The smallest absolute Gasteiger partial charge is 0.331 e. The Morgan fingerprint density at radius 2 is 1.54 bits per heavy atom. The molecular weight excluding hydrogens is 670 g/mol. The number of carbonyl (C=O) groups excluding carboxylic acids is 3. The fraction of sp³-hybridized carbons (Fsp3) is 0.525. The SMILES string of the molecule is CCCCCCCC(=O)CC[C@@H]1[C@@H](C/C=C\CCCC(=O)Oc2ccc(/C=C/C(=O)OCc3ccc(CON(O)O)cc3)cc2OC)[C@@H](O)C[C@H]1O. The number of aliphatic hydroxyl groups excluding tert-OH is 2. The van der Waals surface area contributed by atoms with E-state index in [1.807, 2.05) is 12.2 Å². The molecule has 4 N–H and O–H groups in total. The third-order valence-corrected chi connectivity index (χ3v) is 9.24. The Hall–Kier alpha value is -3.91. The van der Waals surface area contributed by atoms with Gasteiger partial charge in [-0.15, -0.1) is 0 Å². The maximum atomic E-state index is 12.6. The average molecular weight is 726 g/mol. The number of carbonyl (C=O) groups is 3. The number of Topliss-reactive ketones (excluding diaryl/α,β-unsaturated/α-hetero) is 1. The Morgan fingerprint density at radius 1 is 0.827 bits per heavy atom. The molecule has 0 aromatic heterocycles. The van der Waals surface area contributed by atoms with Crippen molar-refractivity contribution >= 4 is 23.8 Å². The lowest BCUT2D eigenvalue weighted by Gasteiger charge is -2.22. The first-order valence-electron chi connectivity index (χ1n) is 18.2. The van der Waals surface area contributed by atoms with Gasteiger partial charge in [-0.25, -0.2) is 9.63 Å². The van der Waals surface area contributed by atoms with E-state index in [4.69, 9.17) is 24.6 Å². The molecule has 4 atom stereocenters. The van der Waals surface area contributed by atoms with E-state index < -0.39 is 24.1 Å². The summed E-state index contributed by atoms with van der Waals surface area (Å²) >= 11 is 0. The van der Waals surface area contributed by atoms with Gasteiger partial charge in [0.05, 0.1) is 31.3 Å². The topological polar surface area (TPSA) is 172 Å². The fourth-order valence-corrected chi connectivity index (χ4v) is 6.30. The van der Waals surface area contributed by atoms with Crippen molar-refractivity contribution in [3.8, 4) is 11.5 Å². The second-order valence-corrected chi connectivity index (χ2v) is 13.2. The first-order valence-corrected chi connectivity index (χ1v) is 18.2. The quantitative estimate of drug-likeness (QED) is 0.0217. The third kappa shape index (κ3) is 15.8. The van der Waals surface area contributed by atoms with Gasteiger partial charge in [-0.1, -0.05) is 75.1 Å². The van der Waals surface area contributed by atoms with Crippen LogP contribution >= 0.6 is 0 Å². The molecule has 12 nitrogen and oxygen atoms in total. The molecule has 1 aliphatic rings. The minimum absolute atomic E-state index is 0.0394. The molecule has 3 rings (SSSR count). The summed E-state index contributed by atoms with van der Waals surface area (Å²) in [5.74, 6) is -0.330. The predicted molar refractivity (Wildman–Crippen MR) is 193 cm³/mol. The summed E-state index contributed by atoms with van der Waals surface area (Å²) in [6.07, 6.45) is 15.1. The Labute approximate surface area is 306 Å².